The van der Waals surface area contributed by atoms with Crippen molar-refractivity contribution in [3.8, 4) is 5.75 Å². The molecule has 0 radical (unpaired) electrons. The van der Waals surface area contributed by atoms with E-state index >= 15 is 0 Å². The van der Waals surface area contributed by atoms with Gasteiger partial charge in [-0.15, -0.1) is 0 Å². The van der Waals surface area contributed by atoms with Crippen LogP contribution < -0.4 is 4.74 Å². The third-order valence-electron chi connectivity index (χ3n) is 2.18. The van der Waals surface area contributed by atoms with Crippen LogP contribution in [0.15, 0.2) is 18.2 Å². The largest absolute Gasteiger partial charge is 0.513 e. The Bertz CT molecular complexity index is 374. The number of hydrogen-bond donors (Lipinski definition) is 0. The van der Waals surface area contributed by atoms with Crippen molar-refractivity contribution in [1.82, 2.24) is 0 Å². The lowest BCUT2D eigenvalue weighted by molar-refractivity contribution is 0.0559. The third kappa shape index (κ3) is 4.87. The Hall–Kier alpha value is -1.55. The number of carbonyl (C=O) groups excluding carboxylic acids is 1. The summed E-state index contributed by atoms with van der Waals surface area (Å²) in [5, 5.41) is 0. The number of hydrogen-bond acceptors (Lipinski definition) is 4. The van der Waals surface area contributed by atoms with Crippen molar-refractivity contribution >= 4 is 6.16 Å². The van der Waals surface area contributed by atoms with Gasteiger partial charge in [0.05, 0.1) is 6.61 Å². The van der Waals surface area contributed by atoms with Crippen LogP contribution in [0, 0.1) is 13.8 Å². The summed E-state index contributed by atoms with van der Waals surface area (Å²) in [6.07, 6.45) is -0.698. The second-order valence-electron chi connectivity index (χ2n) is 3.67. The zero-order valence-electron chi connectivity index (χ0n) is 10.5. The molecule has 1 aromatic carbocycles. The molecule has 0 saturated carbocycles. The van der Waals surface area contributed by atoms with Crippen molar-refractivity contribution < 1.29 is 19.0 Å². The molecule has 0 aliphatic carbocycles. The molecule has 0 amide bonds. The molecule has 0 heterocycles. The van der Waals surface area contributed by atoms with Gasteiger partial charge in [-0.2, -0.15) is 0 Å². The fourth-order valence-electron chi connectivity index (χ4n) is 1.36. The fraction of sp³-hybridized carbons (Fsp3) is 0.462. The molecule has 94 valence electrons. The van der Waals surface area contributed by atoms with Gasteiger partial charge >= 0.3 is 6.16 Å². The lowest BCUT2D eigenvalue weighted by Gasteiger charge is -2.08. The second-order valence-corrected chi connectivity index (χ2v) is 3.67. The van der Waals surface area contributed by atoms with Crippen LogP contribution in [0.1, 0.15) is 18.1 Å². The Morgan fingerprint density at radius 3 is 2.65 bits per heavy atom. The minimum absolute atomic E-state index is 0.206. The SMILES string of the molecule is CCOCCOC(=O)Oc1ccc(C)cc1C. The van der Waals surface area contributed by atoms with Crippen LogP contribution in [0.25, 0.3) is 0 Å². The maximum absolute atomic E-state index is 11.3. The summed E-state index contributed by atoms with van der Waals surface area (Å²) in [4.78, 5) is 11.3. The van der Waals surface area contributed by atoms with E-state index in [-0.39, 0.29) is 6.61 Å². The van der Waals surface area contributed by atoms with Gasteiger partial charge in [0.15, 0.2) is 0 Å². The maximum atomic E-state index is 11.3. The van der Waals surface area contributed by atoms with Gasteiger partial charge < -0.3 is 14.2 Å². The Morgan fingerprint density at radius 1 is 1.24 bits per heavy atom. The van der Waals surface area contributed by atoms with E-state index in [0.717, 1.165) is 11.1 Å². The van der Waals surface area contributed by atoms with Crippen molar-refractivity contribution in [3.05, 3.63) is 29.3 Å². The molecule has 4 nitrogen and oxygen atoms in total. The first-order valence-corrected chi connectivity index (χ1v) is 5.63. The number of aryl methyl sites for hydroxylation is 2. The topological polar surface area (TPSA) is 44.8 Å². The van der Waals surface area contributed by atoms with Crippen molar-refractivity contribution in [1.29, 1.82) is 0 Å². The quantitative estimate of drug-likeness (QED) is 0.449. The van der Waals surface area contributed by atoms with Gasteiger partial charge in [-0.05, 0) is 32.4 Å². The standard InChI is InChI=1S/C13H18O4/c1-4-15-7-8-16-13(14)17-12-6-5-10(2)9-11(12)3/h5-6,9H,4,7-8H2,1-3H3. The molecule has 0 saturated heterocycles. The van der Waals surface area contributed by atoms with Gasteiger partial charge in [-0.3, -0.25) is 0 Å². The Morgan fingerprint density at radius 2 is 2.00 bits per heavy atom. The van der Waals surface area contributed by atoms with E-state index in [1.54, 1.807) is 6.07 Å². The third-order valence-corrected chi connectivity index (χ3v) is 2.18. The Balaban J connectivity index is 2.40. The van der Waals surface area contributed by atoms with Crippen LogP contribution in [-0.4, -0.2) is 26.0 Å². The van der Waals surface area contributed by atoms with E-state index < -0.39 is 6.16 Å². The van der Waals surface area contributed by atoms with E-state index in [9.17, 15) is 4.79 Å². The van der Waals surface area contributed by atoms with Gasteiger partial charge in [0.1, 0.15) is 12.4 Å². The molecule has 4 heteroatoms. The summed E-state index contributed by atoms with van der Waals surface area (Å²) in [5.41, 5.74) is 2.03. The molecule has 0 N–H and O–H groups in total. The lowest BCUT2D eigenvalue weighted by Crippen LogP contribution is -2.14. The molecular formula is C13H18O4. The Labute approximate surface area is 101 Å². The normalized spacial score (nSPS) is 10.1. The summed E-state index contributed by atoms with van der Waals surface area (Å²) in [7, 11) is 0. The van der Waals surface area contributed by atoms with E-state index in [2.05, 4.69) is 0 Å². The van der Waals surface area contributed by atoms with Gasteiger partial charge in [-0.1, -0.05) is 17.7 Å². The van der Waals surface area contributed by atoms with Gasteiger partial charge in [0, 0.05) is 6.61 Å². The lowest BCUT2D eigenvalue weighted by atomic mass is 10.1. The van der Waals surface area contributed by atoms with Crippen LogP contribution in [0.5, 0.6) is 5.75 Å². The maximum Gasteiger partial charge on any atom is 0.513 e. The summed E-state index contributed by atoms with van der Waals surface area (Å²) < 4.78 is 15.0. The van der Waals surface area contributed by atoms with Crippen molar-refractivity contribution in [2.24, 2.45) is 0 Å². The first-order chi connectivity index (χ1) is 8.13. The summed E-state index contributed by atoms with van der Waals surface area (Å²) >= 11 is 0. The van der Waals surface area contributed by atoms with E-state index in [0.29, 0.717) is 19.0 Å². The first-order valence-electron chi connectivity index (χ1n) is 5.63. The summed E-state index contributed by atoms with van der Waals surface area (Å²) in [6.45, 7) is 6.95. The number of carbonyl (C=O) groups is 1. The van der Waals surface area contributed by atoms with Crippen LogP contribution in [-0.2, 0) is 9.47 Å². The highest BCUT2D eigenvalue weighted by molar-refractivity contribution is 5.64. The molecule has 0 spiro atoms. The fourth-order valence-corrected chi connectivity index (χ4v) is 1.36. The van der Waals surface area contributed by atoms with Gasteiger partial charge in [0.25, 0.3) is 0 Å². The van der Waals surface area contributed by atoms with Crippen molar-refractivity contribution in [2.75, 3.05) is 19.8 Å². The van der Waals surface area contributed by atoms with Crippen LogP contribution in [0.2, 0.25) is 0 Å². The smallest absolute Gasteiger partial charge is 0.432 e. The molecule has 0 fully saturated rings. The van der Waals surface area contributed by atoms with Crippen molar-refractivity contribution in [3.63, 3.8) is 0 Å². The first kappa shape index (κ1) is 13.5. The highest BCUT2D eigenvalue weighted by Gasteiger charge is 2.08. The Kier molecular flexibility index (Phi) is 5.49. The molecule has 0 atom stereocenters. The highest BCUT2D eigenvalue weighted by Crippen LogP contribution is 2.19. The molecule has 1 rings (SSSR count). The number of benzene rings is 1. The van der Waals surface area contributed by atoms with Crippen LogP contribution in [0.3, 0.4) is 0 Å². The minimum Gasteiger partial charge on any atom is -0.432 e. The molecular weight excluding hydrogens is 220 g/mol. The van der Waals surface area contributed by atoms with E-state index in [1.165, 1.54) is 0 Å². The second kappa shape index (κ2) is 6.91. The molecule has 0 aromatic heterocycles. The molecule has 0 aliphatic rings. The zero-order valence-corrected chi connectivity index (χ0v) is 10.5. The molecule has 0 bridgehead atoms. The predicted octanol–water partition coefficient (Wildman–Crippen LogP) is 2.86. The number of ether oxygens (including phenoxy) is 3. The van der Waals surface area contributed by atoms with Crippen LogP contribution >= 0.6 is 0 Å². The van der Waals surface area contributed by atoms with Gasteiger partial charge in [-0.25, -0.2) is 4.79 Å². The summed E-state index contributed by atoms with van der Waals surface area (Å²) in [5.74, 6) is 0.525. The zero-order chi connectivity index (χ0) is 12.7. The monoisotopic (exact) mass is 238 g/mol. The molecule has 0 aliphatic heterocycles. The number of rotatable bonds is 5. The minimum atomic E-state index is -0.698. The predicted molar refractivity (Wildman–Crippen MR) is 64.4 cm³/mol. The highest BCUT2D eigenvalue weighted by atomic mass is 16.7. The summed E-state index contributed by atoms with van der Waals surface area (Å²) in [6, 6.07) is 5.59. The van der Waals surface area contributed by atoms with E-state index in [4.69, 9.17) is 14.2 Å². The average Bonchev–Trinajstić information content (AvgIpc) is 2.28. The van der Waals surface area contributed by atoms with E-state index in [1.807, 2.05) is 32.9 Å². The molecule has 17 heavy (non-hydrogen) atoms. The van der Waals surface area contributed by atoms with Crippen molar-refractivity contribution in [2.45, 2.75) is 20.8 Å². The van der Waals surface area contributed by atoms with Gasteiger partial charge in [0.2, 0.25) is 0 Å². The average molecular weight is 238 g/mol. The van der Waals surface area contributed by atoms with Crippen LogP contribution in [0.4, 0.5) is 4.79 Å². The molecule has 0 unspecified atom stereocenters. The molecule has 1 aromatic rings.